The normalized spacial score (nSPS) is 10.7. The van der Waals surface area contributed by atoms with Crippen molar-refractivity contribution in [1.82, 2.24) is 4.98 Å². The van der Waals surface area contributed by atoms with Gasteiger partial charge in [0.25, 0.3) is 0 Å². The number of fused-ring (bicyclic) bond motifs is 1. The van der Waals surface area contributed by atoms with Crippen LogP contribution in [0.3, 0.4) is 0 Å². The van der Waals surface area contributed by atoms with Crippen molar-refractivity contribution in [3.63, 3.8) is 0 Å². The second-order valence-corrected chi connectivity index (χ2v) is 4.57. The number of nitrogens with zero attached hydrogens (tertiary/aromatic N) is 1. The van der Waals surface area contributed by atoms with Crippen molar-refractivity contribution < 1.29 is 9.13 Å². The highest BCUT2D eigenvalue weighted by Crippen LogP contribution is 2.32. The van der Waals surface area contributed by atoms with Crippen LogP contribution in [0.1, 0.15) is 5.56 Å². The van der Waals surface area contributed by atoms with E-state index in [-0.39, 0.29) is 5.82 Å². The van der Waals surface area contributed by atoms with Crippen molar-refractivity contribution in [2.75, 3.05) is 5.73 Å². The zero-order valence-corrected chi connectivity index (χ0v) is 10.9. The molecule has 100 valence electrons. The molecule has 0 aliphatic carbocycles. The fourth-order valence-electron chi connectivity index (χ4n) is 2.06. The van der Waals surface area contributed by atoms with Crippen molar-refractivity contribution in [2.24, 2.45) is 0 Å². The number of aromatic nitrogens is 1. The van der Waals surface area contributed by atoms with Gasteiger partial charge in [0.1, 0.15) is 17.1 Å². The van der Waals surface area contributed by atoms with E-state index in [0.29, 0.717) is 28.3 Å². The van der Waals surface area contributed by atoms with E-state index in [0.717, 1.165) is 5.39 Å². The number of hydrogen-bond acceptors (Lipinski definition) is 3. The second kappa shape index (κ2) is 4.81. The van der Waals surface area contributed by atoms with E-state index in [1.54, 1.807) is 37.4 Å². The minimum absolute atomic E-state index is 0.252. The number of hydrogen-bond donors (Lipinski definition) is 1. The number of rotatable bonds is 2. The minimum Gasteiger partial charge on any atom is -0.455 e. The topological polar surface area (TPSA) is 48.1 Å². The molecule has 0 spiro atoms. The van der Waals surface area contributed by atoms with Crippen molar-refractivity contribution in [2.45, 2.75) is 6.92 Å². The molecular weight excluding hydrogens is 255 g/mol. The fraction of sp³-hybridized carbons (Fsp3) is 0.0625. The number of anilines is 1. The SMILES string of the molecule is Cc1cc(Oc2ccc(N)c3cccnc23)ccc1F. The van der Waals surface area contributed by atoms with E-state index in [1.807, 2.05) is 12.1 Å². The molecule has 20 heavy (non-hydrogen) atoms. The Balaban J connectivity index is 2.06. The Kier molecular flexibility index (Phi) is 2.99. The predicted molar refractivity (Wildman–Crippen MR) is 77.4 cm³/mol. The molecule has 0 atom stereocenters. The van der Waals surface area contributed by atoms with Gasteiger partial charge in [0.15, 0.2) is 5.75 Å². The molecule has 0 bridgehead atoms. The molecule has 4 heteroatoms. The molecule has 0 aliphatic rings. The molecular formula is C16H13FN2O. The first-order valence-corrected chi connectivity index (χ1v) is 6.22. The average Bonchev–Trinajstić information content (AvgIpc) is 2.46. The molecule has 2 aromatic carbocycles. The summed E-state index contributed by atoms with van der Waals surface area (Å²) in [5.41, 5.74) is 7.79. The molecule has 3 aromatic rings. The number of pyridine rings is 1. The molecule has 1 heterocycles. The smallest absolute Gasteiger partial charge is 0.153 e. The third kappa shape index (κ3) is 2.16. The molecule has 0 saturated carbocycles. The summed E-state index contributed by atoms with van der Waals surface area (Å²) in [5, 5.41) is 0.837. The summed E-state index contributed by atoms with van der Waals surface area (Å²) >= 11 is 0. The third-order valence-corrected chi connectivity index (χ3v) is 3.12. The highest BCUT2D eigenvalue weighted by atomic mass is 19.1. The zero-order chi connectivity index (χ0) is 14.1. The Bertz CT molecular complexity index is 787. The summed E-state index contributed by atoms with van der Waals surface area (Å²) < 4.78 is 19.1. The Morgan fingerprint density at radius 3 is 2.80 bits per heavy atom. The van der Waals surface area contributed by atoms with Crippen LogP contribution in [0.25, 0.3) is 10.9 Å². The molecule has 3 nitrogen and oxygen atoms in total. The quantitative estimate of drug-likeness (QED) is 0.713. The van der Waals surface area contributed by atoms with E-state index in [9.17, 15) is 4.39 Å². The van der Waals surface area contributed by atoms with Gasteiger partial charge >= 0.3 is 0 Å². The van der Waals surface area contributed by atoms with Crippen LogP contribution in [0.2, 0.25) is 0 Å². The van der Waals surface area contributed by atoms with Crippen molar-refractivity contribution in [3.8, 4) is 11.5 Å². The molecule has 0 amide bonds. The lowest BCUT2D eigenvalue weighted by Gasteiger charge is -2.10. The first kappa shape index (κ1) is 12.4. The van der Waals surface area contributed by atoms with Crippen LogP contribution >= 0.6 is 0 Å². The molecule has 0 unspecified atom stereocenters. The van der Waals surface area contributed by atoms with E-state index in [1.165, 1.54) is 6.07 Å². The summed E-state index contributed by atoms with van der Waals surface area (Å²) in [6, 6.07) is 11.9. The molecule has 2 N–H and O–H groups in total. The van der Waals surface area contributed by atoms with Crippen LogP contribution in [0.5, 0.6) is 11.5 Å². The zero-order valence-electron chi connectivity index (χ0n) is 10.9. The number of nitrogens with two attached hydrogens (primary N) is 1. The Morgan fingerprint density at radius 2 is 2.00 bits per heavy atom. The Morgan fingerprint density at radius 1 is 1.15 bits per heavy atom. The van der Waals surface area contributed by atoms with Gasteiger partial charge in [-0.2, -0.15) is 0 Å². The number of halogens is 1. The number of aryl methyl sites for hydroxylation is 1. The third-order valence-electron chi connectivity index (χ3n) is 3.12. The standard InChI is InChI=1S/C16H13FN2O/c1-10-9-11(4-5-13(10)17)20-15-7-6-14(18)12-3-2-8-19-16(12)15/h2-9H,18H2,1H3. The van der Waals surface area contributed by atoms with Crippen LogP contribution in [0.4, 0.5) is 10.1 Å². The lowest BCUT2D eigenvalue weighted by Crippen LogP contribution is -1.93. The lowest BCUT2D eigenvalue weighted by atomic mass is 10.1. The van der Waals surface area contributed by atoms with Gasteiger partial charge in [-0.1, -0.05) is 0 Å². The van der Waals surface area contributed by atoms with Gasteiger partial charge in [-0.15, -0.1) is 0 Å². The van der Waals surface area contributed by atoms with Crippen molar-refractivity contribution in [1.29, 1.82) is 0 Å². The molecule has 0 saturated heterocycles. The average molecular weight is 268 g/mol. The minimum atomic E-state index is -0.252. The maximum Gasteiger partial charge on any atom is 0.153 e. The molecule has 0 radical (unpaired) electrons. The maximum atomic E-state index is 13.3. The van der Waals surface area contributed by atoms with E-state index in [2.05, 4.69) is 4.98 Å². The fourth-order valence-corrected chi connectivity index (χ4v) is 2.06. The molecule has 0 aliphatic heterocycles. The summed E-state index contributed by atoms with van der Waals surface area (Å²) in [6.07, 6.45) is 1.69. The van der Waals surface area contributed by atoms with E-state index >= 15 is 0 Å². The molecule has 3 rings (SSSR count). The van der Waals surface area contributed by atoms with Gasteiger partial charge < -0.3 is 10.5 Å². The summed E-state index contributed by atoms with van der Waals surface area (Å²) in [7, 11) is 0. The Labute approximate surface area is 115 Å². The monoisotopic (exact) mass is 268 g/mol. The molecule has 0 fully saturated rings. The van der Waals surface area contributed by atoms with E-state index < -0.39 is 0 Å². The highest BCUT2D eigenvalue weighted by molar-refractivity contribution is 5.94. The lowest BCUT2D eigenvalue weighted by molar-refractivity contribution is 0.484. The van der Waals surface area contributed by atoms with Gasteiger partial charge in [-0.3, -0.25) is 4.98 Å². The van der Waals surface area contributed by atoms with Gasteiger partial charge in [0, 0.05) is 17.3 Å². The van der Waals surface area contributed by atoms with Crippen molar-refractivity contribution >= 4 is 16.6 Å². The predicted octanol–water partition coefficient (Wildman–Crippen LogP) is 4.06. The van der Waals surface area contributed by atoms with Crippen LogP contribution < -0.4 is 10.5 Å². The summed E-state index contributed by atoms with van der Waals surface area (Å²) in [4.78, 5) is 4.30. The largest absolute Gasteiger partial charge is 0.455 e. The highest BCUT2D eigenvalue weighted by Gasteiger charge is 2.08. The first-order valence-electron chi connectivity index (χ1n) is 6.22. The molecule has 1 aromatic heterocycles. The number of nitrogen functional groups attached to an aromatic ring is 1. The Hall–Kier alpha value is -2.62. The summed E-state index contributed by atoms with van der Waals surface area (Å²) in [6.45, 7) is 1.70. The first-order chi connectivity index (χ1) is 9.65. The van der Waals surface area contributed by atoms with Crippen molar-refractivity contribution in [3.05, 3.63) is 60.0 Å². The van der Waals surface area contributed by atoms with Crippen LogP contribution in [-0.2, 0) is 0 Å². The maximum absolute atomic E-state index is 13.3. The number of ether oxygens (including phenoxy) is 1. The van der Waals surface area contributed by atoms with Gasteiger partial charge in [0.2, 0.25) is 0 Å². The van der Waals surface area contributed by atoms with Crippen LogP contribution in [0, 0.1) is 12.7 Å². The number of benzene rings is 2. The van der Waals surface area contributed by atoms with Gasteiger partial charge in [-0.25, -0.2) is 4.39 Å². The summed E-state index contributed by atoms with van der Waals surface area (Å²) in [5.74, 6) is 0.916. The van der Waals surface area contributed by atoms with Gasteiger partial charge in [-0.05, 0) is 55.0 Å². The van der Waals surface area contributed by atoms with E-state index in [4.69, 9.17) is 10.5 Å². The van der Waals surface area contributed by atoms with Crippen LogP contribution in [-0.4, -0.2) is 4.98 Å². The van der Waals surface area contributed by atoms with Crippen LogP contribution in [0.15, 0.2) is 48.7 Å². The second-order valence-electron chi connectivity index (χ2n) is 4.57. The van der Waals surface area contributed by atoms with Gasteiger partial charge in [0.05, 0.1) is 0 Å².